The number of carbonyl (C=O) groups is 3. The number of amides is 3. The van der Waals surface area contributed by atoms with Gasteiger partial charge in [0.15, 0.2) is 6.23 Å². The number of hydrogen-bond donors (Lipinski definition) is 1. The molecule has 8 heteroatoms. The molecule has 0 spiro atoms. The van der Waals surface area contributed by atoms with Crippen molar-refractivity contribution in [2.24, 2.45) is 0 Å². The summed E-state index contributed by atoms with van der Waals surface area (Å²) in [5.74, 6) is -1.66. The second kappa shape index (κ2) is 3.71. The van der Waals surface area contributed by atoms with Gasteiger partial charge in [0.2, 0.25) is 12.4 Å². The number of imide groups is 1. The van der Waals surface area contributed by atoms with Crippen molar-refractivity contribution < 1.29 is 28.2 Å². The van der Waals surface area contributed by atoms with Crippen LogP contribution in [-0.2, 0) is 19.1 Å². The zero-order valence-corrected chi connectivity index (χ0v) is 8.31. The van der Waals surface area contributed by atoms with Crippen LogP contribution in [0.25, 0.3) is 0 Å². The number of fused-ring (bicyclic) bond motifs is 1. The van der Waals surface area contributed by atoms with Gasteiger partial charge in [-0.05, 0) is 0 Å². The van der Waals surface area contributed by atoms with Gasteiger partial charge in [-0.3, -0.25) is 19.8 Å². The molecule has 2 aliphatic heterocycles. The van der Waals surface area contributed by atoms with Crippen LogP contribution < -0.4 is 5.32 Å². The van der Waals surface area contributed by atoms with E-state index in [1.165, 1.54) is 0 Å². The molecule has 3 atom stereocenters. The van der Waals surface area contributed by atoms with E-state index in [1.807, 2.05) is 0 Å². The average Bonchev–Trinajstić information content (AvgIpc) is 2.58. The summed E-state index contributed by atoms with van der Waals surface area (Å²) in [6.07, 6.45) is -4.28. The highest BCUT2D eigenvalue weighted by Gasteiger charge is 2.51. The second-order valence-corrected chi connectivity index (χ2v) is 3.39. The van der Waals surface area contributed by atoms with Gasteiger partial charge in [0.05, 0.1) is 0 Å². The predicted octanol–water partition coefficient (Wildman–Crippen LogP) is -0.878. The number of urea groups is 1. The quantitative estimate of drug-likeness (QED) is 0.593. The SMILES string of the molecule is CC(=O)OC1COC2C(F)C(=O)NC(=O)N12. The van der Waals surface area contributed by atoms with E-state index in [-0.39, 0.29) is 6.61 Å². The van der Waals surface area contributed by atoms with Crippen molar-refractivity contribution in [2.45, 2.75) is 25.6 Å². The van der Waals surface area contributed by atoms with Crippen LogP contribution in [0.15, 0.2) is 0 Å². The van der Waals surface area contributed by atoms with Crippen LogP contribution in [0.4, 0.5) is 9.18 Å². The lowest BCUT2D eigenvalue weighted by Crippen LogP contribution is -2.61. The Labute approximate surface area is 89.5 Å². The lowest BCUT2D eigenvalue weighted by atomic mass is 10.2. The highest BCUT2D eigenvalue weighted by Crippen LogP contribution is 2.25. The number of alkyl halides is 1. The van der Waals surface area contributed by atoms with Gasteiger partial charge in [-0.15, -0.1) is 0 Å². The molecule has 2 heterocycles. The second-order valence-electron chi connectivity index (χ2n) is 3.39. The van der Waals surface area contributed by atoms with Crippen LogP contribution in [0.1, 0.15) is 6.92 Å². The number of nitrogens with zero attached hydrogens (tertiary/aromatic N) is 1. The number of nitrogens with one attached hydrogen (secondary N) is 1. The fourth-order valence-electron chi connectivity index (χ4n) is 1.63. The summed E-state index contributed by atoms with van der Waals surface area (Å²) >= 11 is 0. The van der Waals surface area contributed by atoms with Crippen molar-refractivity contribution in [2.75, 3.05) is 6.61 Å². The van der Waals surface area contributed by atoms with Crippen molar-refractivity contribution in [3.63, 3.8) is 0 Å². The Morgan fingerprint density at radius 1 is 1.62 bits per heavy atom. The van der Waals surface area contributed by atoms with Gasteiger partial charge in [0.1, 0.15) is 6.61 Å². The molecule has 2 fully saturated rings. The molecule has 7 nitrogen and oxygen atoms in total. The number of esters is 1. The zero-order valence-electron chi connectivity index (χ0n) is 8.31. The molecule has 0 aromatic rings. The van der Waals surface area contributed by atoms with E-state index in [0.29, 0.717) is 0 Å². The third kappa shape index (κ3) is 1.60. The summed E-state index contributed by atoms with van der Waals surface area (Å²) in [6.45, 7) is 1.01. The smallest absolute Gasteiger partial charge is 0.329 e. The standard InChI is InChI=1S/C8H9FN2O5/c1-3(12)16-4-2-15-7-5(9)6(13)10-8(14)11(4)7/h4-5,7H,2H2,1H3,(H,10,13,14). The van der Waals surface area contributed by atoms with E-state index in [4.69, 9.17) is 9.47 Å². The van der Waals surface area contributed by atoms with E-state index >= 15 is 0 Å². The molecule has 1 N–H and O–H groups in total. The van der Waals surface area contributed by atoms with E-state index < -0.39 is 36.5 Å². The van der Waals surface area contributed by atoms with Gasteiger partial charge in [-0.25, -0.2) is 9.18 Å². The summed E-state index contributed by atoms with van der Waals surface area (Å²) in [6, 6.07) is -0.826. The van der Waals surface area contributed by atoms with Gasteiger partial charge in [-0.2, -0.15) is 0 Å². The number of hydrogen-bond acceptors (Lipinski definition) is 5. The Balaban J connectivity index is 2.17. The lowest BCUT2D eigenvalue weighted by molar-refractivity contribution is -0.153. The molecule has 0 radical (unpaired) electrons. The van der Waals surface area contributed by atoms with E-state index in [1.54, 1.807) is 5.32 Å². The van der Waals surface area contributed by atoms with Crippen LogP contribution in [0.5, 0.6) is 0 Å². The van der Waals surface area contributed by atoms with Gasteiger partial charge >= 0.3 is 12.0 Å². The van der Waals surface area contributed by atoms with E-state index in [0.717, 1.165) is 11.8 Å². The van der Waals surface area contributed by atoms with Crippen molar-refractivity contribution in [3.05, 3.63) is 0 Å². The van der Waals surface area contributed by atoms with Crippen molar-refractivity contribution in [3.8, 4) is 0 Å². The number of carbonyl (C=O) groups excluding carboxylic acids is 3. The normalized spacial score (nSPS) is 33.4. The number of ether oxygens (including phenoxy) is 2. The predicted molar refractivity (Wildman–Crippen MR) is 45.6 cm³/mol. The Morgan fingerprint density at radius 2 is 2.31 bits per heavy atom. The third-order valence-electron chi connectivity index (χ3n) is 2.26. The minimum Gasteiger partial charge on any atom is -0.439 e. The number of halogens is 1. The molecule has 88 valence electrons. The Bertz CT molecular complexity index is 360. The first-order chi connectivity index (χ1) is 7.50. The molecule has 2 rings (SSSR count). The summed E-state index contributed by atoms with van der Waals surface area (Å²) in [4.78, 5) is 33.9. The average molecular weight is 232 g/mol. The summed E-state index contributed by atoms with van der Waals surface area (Å²) < 4.78 is 23.0. The largest absolute Gasteiger partial charge is 0.439 e. The fraction of sp³-hybridized carbons (Fsp3) is 0.625. The molecule has 0 saturated carbocycles. The first-order valence-electron chi connectivity index (χ1n) is 4.57. The van der Waals surface area contributed by atoms with Gasteiger partial charge < -0.3 is 9.47 Å². The minimum atomic E-state index is -1.97. The molecule has 3 amide bonds. The van der Waals surface area contributed by atoms with Crippen LogP contribution >= 0.6 is 0 Å². The molecular formula is C8H9FN2O5. The van der Waals surface area contributed by atoms with Crippen LogP contribution in [0, 0.1) is 0 Å². The first-order valence-corrected chi connectivity index (χ1v) is 4.57. The molecule has 0 aromatic carbocycles. The topological polar surface area (TPSA) is 84.9 Å². The maximum absolute atomic E-state index is 13.3. The molecule has 0 bridgehead atoms. The Hall–Kier alpha value is -1.70. The van der Waals surface area contributed by atoms with Crippen molar-refractivity contribution >= 4 is 17.9 Å². The van der Waals surface area contributed by atoms with Gasteiger partial charge in [-0.1, -0.05) is 0 Å². The molecule has 2 saturated heterocycles. The highest BCUT2D eigenvalue weighted by atomic mass is 19.1. The zero-order chi connectivity index (χ0) is 11.9. The molecule has 16 heavy (non-hydrogen) atoms. The molecule has 0 aromatic heterocycles. The highest BCUT2D eigenvalue weighted by molar-refractivity contribution is 5.99. The van der Waals surface area contributed by atoms with Crippen LogP contribution in [-0.4, -0.2) is 48.0 Å². The monoisotopic (exact) mass is 232 g/mol. The summed E-state index contributed by atoms with van der Waals surface area (Å²) in [7, 11) is 0. The van der Waals surface area contributed by atoms with Gasteiger partial charge in [0, 0.05) is 6.92 Å². The summed E-state index contributed by atoms with van der Waals surface area (Å²) in [5, 5.41) is 1.81. The number of rotatable bonds is 1. The third-order valence-corrected chi connectivity index (χ3v) is 2.26. The maximum Gasteiger partial charge on any atom is 0.329 e. The summed E-state index contributed by atoms with van der Waals surface area (Å²) in [5.41, 5.74) is 0. The fourth-order valence-corrected chi connectivity index (χ4v) is 1.63. The van der Waals surface area contributed by atoms with E-state index in [2.05, 4.69) is 0 Å². The van der Waals surface area contributed by atoms with Crippen molar-refractivity contribution in [1.29, 1.82) is 0 Å². The molecule has 2 aliphatic rings. The molecular weight excluding hydrogens is 223 g/mol. The lowest BCUT2D eigenvalue weighted by Gasteiger charge is -2.32. The van der Waals surface area contributed by atoms with E-state index in [9.17, 15) is 18.8 Å². The molecule has 0 aliphatic carbocycles. The Morgan fingerprint density at radius 3 is 2.94 bits per heavy atom. The molecule has 3 unspecified atom stereocenters. The van der Waals surface area contributed by atoms with Crippen LogP contribution in [0.3, 0.4) is 0 Å². The van der Waals surface area contributed by atoms with Crippen molar-refractivity contribution in [1.82, 2.24) is 10.2 Å². The minimum absolute atomic E-state index is 0.147. The Kier molecular flexibility index (Phi) is 2.50. The van der Waals surface area contributed by atoms with Crippen LogP contribution in [0.2, 0.25) is 0 Å². The van der Waals surface area contributed by atoms with Gasteiger partial charge in [0.25, 0.3) is 5.91 Å². The first kappa shape index (κ1) is 10.8. The maximum atomic E-state index is 13.3.